The maximum Gasteiger partial charge on any atom is 0.321 e. The highest BCUT2D eigenvalue weighted by molar-refractivity contribution is 7.89. The van der Waals surface area contributed by atoms with Crippen molar-refractivity contribution in [2.45, 2.75) is 18.7 Å². The Kier molecular flexibility index (Phi) is 5.13. The van der Waals surface area contributed by atoms with Crippen molar-refractivity contribution in [2.24, 2.45) is 0 Å². The van der Waals surface area contributed by atoms with E-state index in [0.717, 1.165) is 5.56 Å². The number of ether oxygens (including phenoxy) is 1. The van der Waals surface area contributed by atoms with Crippen molar-refractivity contribution in [3.63, 3.8) is 0 Å². The smallest absolute Gasteiger partial charge is 0.321 e. The second-order valence-electron chi connectivity index (χ2n) is 3.54. The molecule has 100 valence electrons. The summed E-state index contributed by atoms with van der Waals surface area (Å²) in [6.07, 6.45) is 0. The molecule has 0 atom stereocenters. The maximum atomic E-state index is 11.8. The highest BCUT2D eigenvalue weighted by Crippen LogP contribution is 2.19. The van der Waals surface area contributed by atoms with Gasteiger partial charge in [0.25, 0.3) is 0 Å². The average Bonchev–Trinajstić information content (AvgIpc) is 2.30. The van der Waals surface area contributed by atoms with Crippen molar-refractivity contribution < 1.29 is 17.9 Å². The number of hydrogen-bond acceptors (Lipinski definition) is 4. The molecular formula is C11H14ClNO4S. The molecule has 1 aromatic carbocycles. The van der Waals surface area contributed by atoms with Crippen LogP contribution in [0.15, 0.2) is 23.1 Å². The quantitative estimate of drug-likeness (QED) is 0.834. The second kappa shape index (κ2) is 6.17. The Bertz CT molecular complexity index is 542. The summed E-state index contributed by atoms with van der Waals surface area (Å²) in [5.41, 5.74) is 0.779. The molecule has 18 heavy (non-hydrogen) atoms. The van der Waals surface area contributed by atoms with Gasteiger partial charge in [0.05, 0.1) is 11.5 Å². The van der Waals surface area contributed by atoms with Crippen molar-refractivity contribution in [3.05, 3.63) is 28.8 Å². The van der Waals surface area contributed by atoms with Gasteiger partial charge in [0, 0.05) is 5.02 Å². The van der Waals surface area contributed by atoms with Gasteiger partial charge in [-0.1, -0.05) is 17.7 Å². The molecule has 0 aromatic heterocycles. The first-order chi connectivity index (χ1) is 8.36. The van der Waals surface area contributed by atoms with Gasteiger partial charge in [0.2, 0.25) is 10.0 Å². The molecule has 0 saturated carbocycles. The van der Waals surface area contributed by atoms with Crippen molar-refractivity contribution >= 4 is 27.6 Å². The van der Waals surface area contributed by atoms with E-state index in [-0.39, 0.29) is 11.5 Å². The van der Waals surface area contributed by atoms with E-state index in [2.05, 4.69) is 9.46 Å². The maximum absolute atomic E-state index is 11.8. The van der Waals surface area contributed by atoms with Crippen LogP contribution in [0, 0.1) is 6.92 Å². The molecule has 0 heterocycles. The van der Waals surface area contributed by atoms with Crippen LogP contribution in [0.2, 0.25) is 5.02 Å². The van der Waals surface area contributed by atoms with Crippen LogP contribution in [0.4, 0.5) is 0 Å². The van der Waals surface area contributed by atoms with Gasteiger partial charge in [-0.15, -0.1) is 0 Å². The number of benzene rings is 1. The first-order valence-electron chi connectivity index (χ1n) is 5.28. The molecule has 1 aromatic rings. The van der Waals surface area contributed by atoms with Gasteiger partial charge in [-0.3, -0.25) is 4.79 Å². The standard InChI is InChI=1S/C11H14ClNO4S/c1-3-17-11(14)7-13-18(15,16)9-5-4-8(2)10(12)6-9/h4-6,13H,3,7H2,1-2H3. The van der Waals surface area contributed by atoms with E-state index in [1.54, 1.807) is 19.9 Å². The lowest BCUT2D eigenvalue weighted by atomic mass is 10.2. The predicted octanol–water partition coefficient (Wildman–Crippen LogP) is 1.49. The van der Waals surface area contributed by atoms with Crippen LogP contribution in [0.25, 0.3) is 0 Å². The summed E-state index contributed by atoms with van der Waals surface area (Å²) in [6.45, 7) is 3.22. The van der Waals surface area contributed by atoms with Crippen molar-refractivity contribution in [1.29, 1.82) is 0 Å². The van der Waals surface area contributed by atoms with E-state index in [1.807, 2.05) is 0 Å². The number of esters is 1. The molecule has 5 nitrogen and oxygen atoms in total. The number of carbonyl (C=O) groups is 1. The third-order valence-corrected chi connectivity index (χ3v) is 3.97. The zero-order chi connectivity index (χ0) is 13.8. The van der Waals surface area contributed by atoms with Gasteiger partial charge in [-0.25, -0.2) is 8.42 Å². The molecule has 0 unspecified atom stereocenters. The normalized spacial score (nSPS) is 11.3. The fraction of sp³-hybridized carbons (Fsp3) is 0.364. The second-order valence-corrected chi connectivity index (χ2v) is 5.71. The molecule has 1 rings (SSSR count). The van der Waals surface area contributed by atoms with E-state index >= 15 is 0 Å². The molecule has 0 saturated heterocycles. The zero-order valence-electron chi connectivity index (χ0n) is 10.1. The van der Waals surface area contributed by atoms with Crippen LogP contribution >= 0.6 is 11.6 Å². The number of nitrogens with one attached hydrogen (secondary N) is 1. The highest BCUT2D eigenvalue weighted by Gasteiger charge is 2.16. The van der Waals surface area contributed by atoms with Crippen molar-refractivity contribution in [1.82, 2.24) is 4.72 Å². The number of rotatable bonds is 5. The van der Waals surface area contributed by atoms with E-state index in [9.17, 15) is 13.2 Å². The molecule has 0 fully saturated rings. The van der Waals surface area contributed by atoms with E-state index in [1.165, 1.54) is 12.1 Å². The number of halogens is 1. The van der Waals surface area contributed by atoms with Crippen LogP contribution < -0.4 is 4.72 Å². The average molecular weight is 292 g/mol. The van der Waals surface area contributed by atoms with Crippen LogP contribution in [-0.4, -0.2) is 27.5 Å². The van der Waals surface area contributed by atoms with Crippen LogP contribution in [0.3, 0.4) is 0 Å². The van der Waals surface area contributed by atoms with E-state index in [4.69, 9.17) is 11.6 Å². The van der Waals surface area contributed by atoms with E-state index in [0.29, 0.717) is 5.02 Å². The third-order valence-electron chi connectivity index (χ3n) is 2.17. The summed E-state index contributed by atoms with van der Waals surface area (Å²) in [5.74, 6) is -0.626. The summed E-state index contributed by atoms with van der Waals surface area (Å²) in [5, 5.41) is 0.356. The summed E-state index contributed by atoms with van der Waals surface area (Å²) in [7, 11) is -3.75. The summed E-state index contributed by atoms with van der Waals surface area (Å²) < 4.78 is 30.4. The number of hydrogen-bond donors (Lipinski definition) is 1. The first-order valence-corrected chi connectivity index (χ1v) is 7.14. The van der Waals surface area contributed by atoms with Crippen molar-refractivity contribution in [2.75, 3.05) is 13.2 Å². The van der Waals surface area contributed by atoms with Gasteiger partial charge in [0.1, 0.15) is 6.54 Å². The predicted molar refractivity (Wildman–Crippen MR) is 68.0 cm³/mol. The molecule has 0 aliphatic carbocycles. The topological polar surface area (TPSA) is 72.5 Å². The number of aryl methyl sites for hydroxylation is 1. The Balaban J connectivity index is 2.80. The van der Waals surface area contributed by atoms with E-state index < -0.39 is 22.5 Å². The minimum atomic E-state index is -3.75. The molecule has 7 heteroatoms. The molecule has 0 radical (unpaired) electrons. The van der Waals surface area contributed by atoms with Gasteiger partial charge >= 0.3 is 5.97 Å². The summed E-state index contributed by atoms with van der Waals surface area (Å²) >= 11 is 5.85. The Hall–Kier alpha value is -1.11. The molecule has 0 amide bonds. The van der Waals surface area contributed by atoms with Gasteiger partial charge in [-0.2, -0.15) is 4.72 Å². The number of sulfonamides is 1. The molecule has 0 bridgehead atoms. The van der Waals surface area contributed by atoms with Gasteiger partial charge in [-0.05, 0) is 31.5 Å². The molecule has 0 aliphatic rings. The lowest BCUT2D eigenvalue weighted by Gasteiger charge is -2.07. The Morgan fingerprint density at radius 2 is 2.11 bits per heavy atom. The highest BCUT2D eigenvalue weighted by atomic mass is 35.5. The van der Waals surface area contributed by atoms with Gasteiger partial charge < -0.3 is 4.74 Å². The van der Waals surface area contributed by atoms with Crippen molar-refractivity contribution in [3.8, 4) is 0 Å². The minimum Gasteiger partial charge on any atom is -0.465 e. The molecular weight excluding hydrogens is 278 g/mol. The fourth-order valence-electron chi connectivity index (χ4n) is 1.19. The largest absolute Gasteiger partial charge is 0.465 e. The minimum absolute atomic E-state index is 0.0161. The Morgan fingerprint density at radius 3 is 2.67 bits per heavy atom. The molecule has 1 N–H and O–H groups in total. The van der Waals surface area contributed by atoms with Gasteiger partial charge in [0.15, 0.2) is 0 Å². The molecule has 0 spiro atoms. The SMILES string of the molecule is CCOC(=O)CNS(=O)(=O)c1ccc(C)c(Cl)c1. The fourth-order valence-corrected chi connectivity index (χ4v) is 2.43. The first kappa shape index (κ1) is 14.9. The van der Waals surface area contributed by atoms with Crippen LogP contribution in [-0.2, 0) is 19.6 Å². The van der Waals surface area contributed by atoms with Crippen LogP contribution in [0.5, 0.6) is 0 Å². The third kappa shape index (κ3) is 3.97. The lowest BCUT2D eigenvalue weighted by molar-refractivity contribution is -0.141. The summed E-state index contributed by atoms with van der Waals surface area (Å²) in [4.78, 5) is 11.1. The monoisotopic (exact) mass is 291 g/mol. The Morgan fingerprint density at radius 1 is 1.44 bits per heavy atom. The lowest BCUT2D eigenvalue weighted by Crippen LogP contribution is -2.30. The molecule has 0 aliphatic heterocycles. The van der Waals surface area contributed by atoms with Crippen LogP contribution in [0.1, 0.15) is 12.5 Å². The zero-order valence-corrected chi connectivity index (χ0v) is 11.6. The Labute approximate surface area is 111 Å². The number of carbonyl (C=O) groups excluding carboxylic acids is 1. The summed E-state index contributed by atoms with van der Waals surface area (Å²) in [6, 6.07) is 4.36.